The van der Waals surface area contributed by atoms with E-state index in [0.717, 1.165) is 17.6 Å². The summed E-state index contributed by atoms with van der Waals surface area (Å²) in [5, 5.41) is 20.4. The third-order valence-corrected chi connectivity index (χ3v) is 6.71. The number of nitrogens with zero attached hydrogens (tertiary/aromatic N) is 2. The van der Waals surface area contributed by atoms with E-state index in [1.165, 1.54) is 10.8 Å². The number of carboxylic acids is 1. The molecule has 2 heterocycles. The Balaban J connectivity index is 1.91. The molecule has 0 saturated carbocycles. The van der Waals surface area contributed by atoms with Gasteiger partial charge in [0, 0.05) is 25.2 Å². The van der Waals surface area contributed by atoms with E-state index >= 15 is 0 Å². The minimum Gasteiger partial charge on any atom is -0.503 e. The molecule has 1 aliphatic carbocycles. The number of fused-ring (bicyclic) bond motifs is 1. The van der Waals surface area contributed by atoms with Crippen molar-refractivity contribution in [1.82, 2.24) is 9.47 Å². The van der Waals surface area contributed by atoms with Crippen LogP contribution in [0.15, 0.2) is 65.1 Å². The number of aromatic nitrogens is 1. The van der Waals surface area contributed by atoms with Crippen LogP contribution in [0.3, 0.4) is 0 Å². The van der Waals surface area contributed by atoms with Crippen molar-refractivity contribution < 1.29 is 24.5 Å². The van der Waals surface area contributed by atoms with E-state index in [1.807, 2.05) is 44.2 Å². The highest BCUT2D eigenvalue weighted by Crippen LogP contribution is 2.42. The van der Waals surface area contributed by atoms with Gasteiger partial charge in [-0.05, 0) is 37.3 Å². The summed E-state index contributed by atoms with van der Waals surface area (Å²) in [5.74, 6) is -2.76. The summed E-state index contributed by atoms with van der Waals surface area (Å²) in [6.45, 7) is 6.77. The topological polar surface area (TPSA) is 109 Å². The summed E-state index contributed by atoms with van der Waals surface area (Å²) in [6, 6.07) is 9.34. The van der Waals surface area contributed by atoms with Crippen LogP contribution in [0, 0.1) is 5.92 Å². The number of pyridine rings is 1. The van der Waals surface area contributed by atoms with Crippen LogP contribution in [0.25, 0.3) is 0 Å². The number of allylic oxidation sites excluding steroid dienone is 4. The van der Waals surface area contributed by atoms with Crippen molar-refractivity contribution in [3.8, 4) is 5.75 Å². The molecule has 0 bridgehead atoms. The minimum absolute atomic E-state index is 0.0155. The molecule has 1 aliphatic heterocycles. The normalized spacial score (nSPS) is 20.3. The maximum Gasteiger partial charge on any atom is 0.341 e. The van der Waals surface area contributed by atoms with Crippen LogP contribution >= 0.6 is 0 Å². The number of rotatable bonds is 8. The second-order valence-corrected chi connectivity index (χ2v) is 9.69. The number of amides is 1. The molecule has 1 aromatic carbocycles. The Labute approximate surface area is 210 Å². The first-order valence-corrected chi connectivity index (χ1v) is 12.2. The molecule has 2 aromatic rings. The molecule has 3 atom stereocenters. The maximum absolute atomic E-state index is 13.5. The standard InChI is InChI=1S/C28H32N2O6/c1-17(2)36-13-12-29-16-22(30-15-21(28(34)35)25(31)26(32)24(30)27(29)33)23(19-9-5-4-6-10-19)20-11-7-8-18(3)14-20/h4-7,9-11,14-15,17-18,22-23,32H,8,12-13,16H2,1-3H3,(H,34,35)/t18?,22-,23?/m1/s1. The first-order chi connectivity index (χ1) is 17.2. The summed E-state index contributed by atoms with van der Waals surface area (Å²) in [4.78, 5) is 39.5. The zero-order valence-electron chi connectivity index (χ0n) is 20.8. The van der Waals surface area contributed by atoms with Gasteiger partial charge in [-0.3, -0.25) is 9.59 Å². The van der Waals surface area contributed by atoms with Gasteiger partial charge in [0.25, 0.3) is 5.91 Å². The number of aromatic hydroxyl groups is 1. The Morgan fingerprint density at radius 1 is 1.19 bits per heavy atom. The Bertz CT molecular complexity index is 1260. The van der Waals surface area contributed by atoms with Gasteiger partial charge in [-0.2, -0.15) is 0 Å². The average Bonchev–Trinajstić information content (AvgIpc) is 2.84. The van der Waals surface area contributed by atoms with Crippen LogP contribution in [0.5, 0.6) is 5.75 Å². The largest absolute Gasteiger partial charge is 0.503 e. The Morgan fingerprint density at radius 2 is 1.92 bits per heavy atom. The first-order valence-electron chi connectivity index (χ1n) is 12.2. The molecule has 0 spiro atoms. The molecule has 0 fully saturated rings. The first kappa shape index (κ1) is 25.4. The lowest BCUT2D eigenvalue weighted by Crippen LogP contribution is -2.48. The number of carboxylic acid groups (broad SMARTS) is 1. The molecule has 8 heteroatoms. The fourth-order valence-corrected chi connectivity index (χ4v) is 5.02. The van der Waals surface area contributed by atoms with E-state index in [9.17, 15) is 24.6 Å². The van der Waals surface area contributed by atoms with Crippen molar-refractivity contribution in [3.05, 3.63) is 87.4 Å². The zero-order chi connectivity index (χ0) is 26.0. The number of ether oxygens (including phenoxy) is 1. The highest BCUT2D eigenvalue weighted by Gasteiger charge is 2.40. The zero-order valence-corrected chi connectivity index (χ0v) is 20.8. The summed E-state index contributed by atoms with van der Waals surface area (Å²) >= 11 is 0. The van der Waals surface area contributed by atoms with Crippen molar-refractivity contribution in [2.45, 2.75) is 45.3 Å². The van der Waals surface area contributed by atoms with Crippen molar-refractivity contribution in [2.75, 3.05) is 19.7 Å². The van der Waals surface area contributed by atoms with Gasteiger partial charge >= 0.3 is 5.97 Å². The van der Waals surface area contributed by atoms with Crippen LogP contribution in [-0.4, -0.2) is 57.4 Å². The van der Waals surface area contributed by atoms with Gasteiger partial charge in [-0.25, -0.2) is 4.79 Å². The van der Waals surface area contributed by atoms with Crippen LogP contribution in [0.4, 0.5) is 0 Å². The van der Waals surface area contributed by atoms with Gasteiger partial charge < -0.3 is 24.4 Å². The fourth-order valence-electron chi connectivity index (χ4n) is 5.02. The number of hydrogen-bond acceptors (Lipinski definition) is 5. The van der Waals surface area contributed by atoms with Gasteiger partial charge in [-0.1, -0.05) is 55.5 Å². The average molecular weight is 493 g/mol. The predicted molar refractivity (Wildman–Crippen MR) is 136 cm³/mol. The summed E-state index contributed by atoms with van der Waals surface area (Å²) in [7, 11) is 0. The van der Waals surface area contributed by atoms with E-state index in [2.05, 4.69) is 25.2 Å². The lowest BCUT2D eigenvalue weighted by atomic mass is 9.79. The highest BCUT2D eigenvalue weighted by molar-refractivity contribution is 5.97. The van der Waals surface area contributed by atoms with E-state index in [0.29, 0.717) is 12.5 Å². The second kappa shape index (κ2) is 10.5. The fraction of sp³-hybridized carbons (Fsp3) is 0.393. The third-order valence-electron chi connectivity index (χ3n) is 6.71. The van der Waals surface area contributed by atoms with Crippen molar-refractivity contribution >= 4 is 11.9 Å². The van der Waals surface area contributed by atoms with E-state index < -0.39 is 34.7 Å². The molecule has 2 N–H and O–H groups in total. The lowest BCUT2D eigenvalue weighted by Gasteiger charge is -2.41. The number of carbonyl (C=O) groups excluding carboxylic acids is 1. The van der Waals surface area contributed by atoms with Gasteiger partial charge in [0.05, 0.1) is 18.8 Å². The van der Waals surface area contributed by atoms with Crippen LogP contribution in [-0.2, 0) is 4.74 Å². The Kier molecular flexibility index (Phi) is 7.45. The molecule has 1 amide bonds. The van der Waals surface area contributed by atoms with Gasteiger partial charge in [0.2, 0.25) is 5.43 Å². The Hall–Kier alpha value is -3.65. The van der Waals surface area contributed by atoms with Crippen LogP contribution in [0.2, 0.25) is 0 Å². The molecular formula is C28H32N2O6. The van der Waals surface area contributed by atoms with Crippen molar-refractivity contribution in [2.24, 2.45) is 5.92 Å². The summed E-state index contributed by atoms with van der Waals surface area (Å²) < 4.78 is 7.16. The minimum atomic E-state index is -1.45. The maximum atomic E-state index is 13.5. The highest BCUT2D eigenvalue weighted by atomic mass is 16.5. The SMILES string of the molecule is CC1C=C(C(c2ccccc2)[C@H]2CN(CCOC(C)C)C(=O)c3c(O)c(=O)c(C(=O)O)cn32)C=CC1. The third kappa shape index (κ3) is 4.99. The van der Waals surface area contributed by atoms with Crippen LogP contribution in [0.1, 0.15) is 65.6 Å². The van der Waals surface area contributed by atoms with Crippen molar-refractivity contribution in [3.63, 3.8) is 0 Å². The van der Waals surface area contributed by atoms with Crippen molar-refractivity contribution in [1.29, 1.82) is 0 Å². The summed E-state index contributed by atoms with van der Waals surface area (Å²) in [6.07, 6.45) is 8.49. The molecule has 0 radical (unpaired) electrons. The van der Waals surface area contributed by atoms with Gasteiger partial charge in [-0.15, -0.1) is 0 Å². The predicted octanol–water partition coefficient (Wildman–Crippen LogP) is 3.98. The molecule has 8 nitrogen and oxygen atoms in total. The smallest absolute Gasteiger partial charge is 0.341 e. The molecule has 2 unspecified atom stereocenters. The van der Waals surface area contributed by atoms with Gasteiger partial charge in [0.1, 0.15) is 5.56 Å². The monoisotopic (exact) mass is 492 g/mol. The number of aromatic carboxylic acids is 1. The summed E-state index contributed by atoms with van der Waals surface area (Å²) in [5.41, 5.74) is 0.196. The van der Waals surface area contributed by atoms with E-state index in [1.54, 1.807) is 4.90 Å². The molecule has 1 aromatic heterocycles. The molecule has 36 heavy (non-hydrogen) atoms. The van der Waals surface area contributed by atoms with Gasteiger partial charge in [0.15, 0.2) is 11.4 Å². The Morgan fingerprint density at radius 3 is 2.56 bits per heavy atom. The molecular weight excluding hydrogens is 460 g/mol. The molecule has 4 rings (SSSR count). The van der Waals surface area contributed by atoms with Crippen LogP contribution < -0.4 is 5.43 Å². The number of carbonyl (C=O) groups is 2. The molecule has 0 saturated heterocycles. The quantitative estimate of drug-likeness (QED) is 0.577. The van der Waals surface area contributed by atoms with E-state index in [-0.39, 0.29) is 30.8 Å². The molecule has 190 valence electrons. The molecule has 2 aliphatic rings. The van der Waals surface area contributed by atoms with E-state index in [4.69, 9.17) is 4.74 Å². The number of benzene rings is 1. The lowest BCUT2D eigenvalue weighted by molar-refractivity contribution is 0.0394. The second-order valence-electron chi connectivity index (χ2n) is 9.69. The number of hydrogen-bond donors (Lipinski definition) is 2.